The number of halogens is 6. The molecular formula is C46H50BrF4IN4O8. The SMILES string of the molecule is C[C@H](NC(=O)Cc1cc(F)cc(F)c1)C(=O)N[C@@H](Cc1ccccc1)C(=O)OCCCBr.C[C@H](NC(=O)Cc1cc(F)cc(F)c1)C(=O)N[C@@H](Cc1ccccc1)C(=O)OCCCI. The fraction of sp³-hybridized carbons (Fsp3) is 0.348. The molecule has 0 spiro atoms. The first-order valence-corrected chi connectivity index (χ1v) is 22.8. The lowest BCUT2D eigenvalue weighted by atomic mass is 10.1. The number of nitrogens with one attached hydrogen (secondary N) is 4. The molecule has 0 aliphatic carbocycles. The summed E-state index contributed by atoms with van der Waals surface area (Å²) in [7, 11) is 0. The number of hydrogen-bond acceptors (Lipinski definition) is 8. The van der Waals surface area contributed by atoms with Crippen molar-refractivity contribution in [2.24, 2.45) is 0 Å². The first-order chi connectivity index (χ1) is 30.6. The lowest BCUT2D eigenvalue weighted by molar-refractivity contribution is -0.148. The Kier molecular flexibility index (Phi) is 23.5. The van der Waals surface area contributed by atoms with Crippen molar-refractivity contribution < 1.29 is 55.8 Å². The minimum absolute atomic E-state index is 0.143. The topological polar surface area (TPSA) is 169 Å². The molecular weight excluding hydrogens is 1020 g/mol. The van der Waals surface area contributed by atoms with E-state index in [1.54, 1.807) is 0 Å². The number of esters is 2. The molecule has 344 valence electrons. The minimum atomic E-state index is -0.977. The summed E-state index contributed by atoms with van der Waals surface area (Å²) in [5.74, 6) is -6.61. The van der Waals surface area contributed by atoms with Gasteiger partial charge in [0.05, 0.1) is 26.1 Å². The third-order valence-electron chi connectivity index (χ3n) is 8.93. The van der Waals surface area contributed by atoms with E-state index in [0.29, 0.717) is 30.3 Å². The van der Waals surface area contributed by atoms with Crippen LogP contribution < -0.4 is 21.3 Å². The minimum Gasteiger partial charge on any atom is -0.464 e. The maximum Gasteiger partial charge on any atom is 0.328 e. The first kappa shape index (κ1) is 53.0. The molecule has 0 unspecified atom stereocenters. The van der Waals surface area contributed by atoms with Gasteiger partial charge in [-0.05, 0) is 73.2 Å². The number of hydrogen-bond donors (Lipinski definition) is 4. The summed E-state index contributed by atoms with van der Waals surface area (Å²) in [4.78, 5) is 74.6. The van der Waals surface area contributed by atoms with Gasteiger partial charge in [0.2, 0.25) is 23.6 Å². The van der Waals surface area contributed by atoms with Gasteiger partial charge in [0.1, 0.15) is 47.4 Å². The largest absolute Gasteiger partial charge is 0.464 e. The molecule has 4 N–H and O–H groups in total. The van der Waals surface area contributed by atoms with Crippen molar-refractivity contribution in [2.45, 2.75) is 76.5 Å². The molecule has 0 aromatic heterocycles. The van der Waals surface area contributed by atoms with Crippen molar-refractivity contribution >= 4 is 74.1 Å². The van der Waals surface area contributed by atoms with Crippen molar-refractivity contribution in [2.75, 3.05) is 23.0 Å². The molecule has 4 amide bonds. The molecule has 0 saturated heterocycles. The first-order valence-electron chi connectivity index (χ1n) is 20.2. The van der Waals surface area contributed by atoms with Gasteiger partial charge in [-0.15, -0.1) is 0 Å². The molecule has 4 rings (SSSR count). The Labute approximate surface area is 391 Å². The fourth-order valence-corrected chi connectivity index (χ4v) is 6.39. The van der Waals surface area contributed by atoms with Gasteiger partial charge in [-0.2, -0.15) is 0 Å². The zero-order valence-corrected chi connectivity index (χ0v) is 38.9. The molecule has 0 fully saturated rings. The molecule has 64 heavy (non-hydrogen) atoms. The third kappa shape index (κ3) is 20.4. The van der Waals surface area contributed by atoms with Crippen LogP contribution in [0.25, 0.3) is 0 Å². The molecule has 0 bridgehead atoms. The normalized spacial score (nSPS) is 12.5. The number of alkyl halides is 2. The number of carbonyl (C=O) groups is 6. The van der Waals surface area contributed by atoms with Gasteiger partial charge < -0.3 is 30.7 Å². The highest BCUT2D eigenvalue weighted by Gasteiger charge is 2.27. The predicted molar refractivity (Wildman–Crippen MR) is 243 cm³/mol. The highest BCUT2D eigenvalue weighted by molar-refractivity contribution is 14.1. The van der Waals surface area contributed by atoms with Crippen LogP contribution in [0.1, 0.15) is 48.9 Å². The van der Waals surface area contributed by atoms with E-state index in [-0.39, 0.29) is 50.0 Å². The monoisotopic (exact) mass is 1070 g/mol. The summed E-state index contributed by atoms with van der Waals surface area (Å²) in [6.45, 7) is 3.37. The molecule has 0 aliphatic heterocycles. The Morgan fingerprint density at radius 3 is 1.25 bits per heavy atom. The molecule has 18 heteroatoms. The summed E-state index contributed by atoms with van der Waals surface area (Å²) < 4.78 is 64.5. The van der Waals surface area contributed by atoms with Crippen molar-refractivity contribution in [3.63, 3.8) is 0 Å². The lowest BCUT2D eigenvalue weighted by Crippen LogP contribution is -2.51. The zero-order valence-electron chi connectivity index (χ0n) is 35.2. The van der Waals surface area contributed by atoms with Gasteiger partial charge in [-0.3, -0.25) is 19.2 Å². The second-order valence-corrected chi connectivity index (χ2v) is 16.3. The Bertz CT molecular complexity index is 1970. The molecule has 0 saturated carbocycles. The van der Waals surface area contributed by atoms with Crippen LogP contribution in [0.2, 0.25) is 0 Å². The number of carbonyl (C=O) groups excluding carboxylic acids is 6. The van der Waals surface area contributed by atoms with Crippen LogP contribution in [-0.2, 0) is 63.9 Å². The fourth-order valence-electron chi connectivity index (χ4n) is 5.85. The van der Waals surface area contributed by atoms with Gasteiger partial charge >= 0.3 is 11.9 Å². The zero-order chi connectivity index (χ0) is 47.0. The Balaban J connectivity index is 0.000000340. The summed E-state index contributed by atoms with van der Waals surface area (Å²) in [6, 6.07) is 20.1. The Morgan fingerprint density at radius 1 is 0.547 bits per heavy atom. The van der Waals surface area contributed by atoms with E-state index in [1.165, 1.54) is 13.8 Å². The summed E-state index contributed by atoms with van der Waals surface area (Å²) in [5, 5.41) is 10.9. The van der Waals surface area contributed by atoms with Crippen molar-refractivity contribution in [1.29, 1.82) is 0 Å². The van der Waals surface area contributed by atoms with Crippen molar-refractivity contribution in [3.8, 4) is 0 Å². The van der Waals surface area contributed by atoms with E-state index in [0.717, 1.165) is 39.8 Å². The maximum atomic E-state index is 13.3. The average molecular weight is 1070 g/mol. The second-order valence-electron chi connectivity index (χ2n) is 14.4. The van der Waals surface area contributed by atoms with Gasteiger partial charge in [0, 0.05) is 34.7 Å². The molecule has 4 aromatic carbocycles. The summed E-state index contributed by atoms with van der Waals surface area (Å²) in [6.07, 6.45) is 1.20. The predicted octanol–water partition coefficient (Wildman–Crippen LogP) is 6.18. The molecule has 0 radical (unpaired) electrons. The van der Waals surface area contributed by atoms with Crippen molar-refractivity contribution in [1.82, 2.24) is 21.3 Å². The van der Waals surface area contributed by atoms with Crippen LogP contribution in [0.4, 0.5) is 17.6 Å². The van der Waals surface area contributed by atoms with E-state index >= 15 is 0 Å². The van der Waals surface area contributed by atoms with Crippen LogP contribution in [0, 0.1) is 23.3 Å². The Morgan fingerprint density at radius 2 is 0.906 bits per heavy atom. The van der Waals surface area contributed by atoms with Crippen LogP contribution in [0.5, 0.6) is 0 Å². The molecule has 4 atom stereocenters. The van der Waals surface area contributed by atoms with Crippen LogP contribution in [0.3, 0.4) is 0 Å². The van der Waals surface area contributed by atoms with Gasteiger partial charge in [0.15, 0.2) is 0 Å². The highest BCUT2D eigenvalue weighted by Crippen LogP contribution is 2.12. The van der Waals surface area contributed by atoms with E-state index in [1.807, 2.05) is 60.7 Å². The molecule has 4 aromatic rings. The molecule has 0 heterocycles. The molecule has 0 aliphatic rings. The standard InChI is InChI=1S/C23H25BrF2N2O4.C23H25F2IN2O4/c1-15(27-21(29)13-17-10-18(25)14-19(26)11-17)22(30)28-20(23(31)32-9-5-8-24)12-16-6-3-2-4-7-16;1-15(27-21(29)13-17-10-18(24)14-19(25)11-17)22(30)28-20(23(31)32-9-5-8-26)12-16-6-3-2-4-7-16/h2*2-4,6-7,10-11,14-15,20H,5,8-9,12-13H2,1H3,(H,27,29)(H,28,30)/t2*15-,20-/m00/s1. The summed E-state index contributed by atoms with van der Waals surface area (Å²) in [5.41, 5.74) is 1.96. The van der Waals surface area contributed by atoms with Gasteiger partial charge in [0.25, 0.3) is 0 Å². The van der Waals surface area contributed by atoms with Crippen LogP contribution >= 0.6 is 38.5 Å². The van der Waals surface area contributed by atoms with E-state index < -0.39 is 83.0 Å². The van der Waals surface area contributed by atoms with Crippen LogP contribution in [0.15, 0.2) is 97.1 Å². The quantitative estimate of drug-likeness (QED) is 0.0238. The number of ether oxygens (including phenoxy) is 2. The average Bonchev–Trinajstić information content (AvgIpc) is 3.23. The second kappa shape index (κ2) is 28.4. The smallest absolute Gasteiger partial charge is 0.328 e. The van der Waals surface area contributed by atoms with Gasteiger partial charge in [-0.1, -0.05) is 99.2 Å². The van der Waals surface area contributed by atoms with Crippen molar-refractivity contribution in [3.05, 3.63) is 143 Å². The maximum absolute atomic E-state index is 13.3. The number of rotatable bonds is 22. The summed E-state index contributed by atoms with van der Waals surface area (Å²) >= 11 is 5.44. The van der Waals surface area contributed by atoms with Crippen LogP contribution in [-0.4, -0.2) is 82.7 Å². The number of benzene rings is 4. The van der Waals surface area contributed by atoms with E-state index in [4.69, 9.17) is 9.47 Å². The third-order valence-corrected chi connectivity index (χ3v) is 10.3. The Hall–Kier alpha value is -5.37. The highest BCUT2D eigenvalue weighted by atomic mass is 127. The number of amides is 4. The lowest BCUT2D eigenvalue weighted by Gasteiger charge is -2.21. The molecule has 12 nitrogen and oxygen atoms in total. The van der Waals surface area contributed by atoms with Gasteiger partial charge in [-0.25, -0.2) is 27.2 Å². The van der Waals surface area contributed by atoms with E-state index in [2.05, 4.69) is 59.8 Å². The van der Waals surface area contributed by atoms with E-state index in [9.17, 15) is 46.3 Å².